The molecule has 0 atom stereocenters. The molecule has 5 nitrogen and oxygen atoms in total. The second-order valence-electron chi connectivity index (χ2n) is 7.88. The minimum absolute atomic E-state index is 0.231. The minimum atomic E-state index is -0.251. The molecule has 0 fully saturated rings. The van der Waals surface area contributed by atoms with Gasteiger partial charge in [-0.25, -0.2) is 4.98 Å². The number of aromatic nitrogens is 1. The van der Waals surface area contributed by atoms with Gasteiger partial charge in [0, 0.05) is 35.0 Å². The van der Waals surface area contributed by atoms with Gasteiger partial charge >= 0.3 is 0 Å². The first-order valence-electron chi connectivity index (χ1n) is 10.1. The Hall–Kier alpha value is -3.35. The molecule has 0 radical (unpaired) electrons. The van der Waals surface area contributed by atoms with Crippen LogP contribution in [0, 0.1) is 0 Å². The minimum Gasteiger partial charge on any atom is -0.308 e. The van der Waals surface area contributed by atoms with Gasteiger partial charge in [0.1, 0.15) is 5.01 Å². The first-order valence-corrected chi connectivity index (χ1v) is 10.9. The fraction of sp³-hybridized carbons (Fsp3) is 0.160. The number of rotatable bonds is 5. The maximum Gasteiger partial charge on any atom is 0.261 e. The van der Waals surface area contributed by atoms with Crippen molar-refractivity contribution in [1.82, 2.24) is 14.8 Å². The fourth-order valence-electron chi connectivity index (χ4n) is 4.08. The van der Waals surface area contributed by atoms with Crippen molar-refractivity contribution in [1.29, 1.82) is 0 Å². The van der Waals surface area contributed by atoms with E-state index in [1.807, 2.05) is 73.6 Å². The Morgan fingerprint density at radius 3 is 2.55 bits per heavy atom. The van der Waals surface area contributed by atoms with Crippen LogP contribution in [0.4, 0.5) is 0 Å². The third kappa shape index (κ3) is 3.07. The van der Waals surface area contributed by atoms with E-state index < -0.39 is 0 Å². The summed E-state index contributed by atoms with van der Waals surface area (Å²) in [6.07, 6.45) is 1.82. The van der Waals surface area contributed by atoms with Crippen molar-refractivity contribution in [3.8, 4) is 10.6 Å². The van der Waals surface area contributed by atoms with Crippen LogP contribution in [0.25, 0.3) is 37.6 Å². The van der Waals surface area contributed by atoms with Crippen LogP contribution in [-0.2, 0) is 0 Å². The molecular formula is C25H21N3O2S. The van der Waals surface area contributed by atoms with E-state index in [0.717, 1.165) is 37.1 Å². The number of benzene rings is 3. The topological polar surface area (TPSA) is 53.5 Å². The molecule has 6 heteroatoms. The van der Waals surface area contributed by atoms with Crippen LogP contribution in [0.3, 0.4) is 0 Å². The Labute approximate surface area is 184 Å². The van der Waals surface area contributed by atoms with Crippen molar-refractivity contribution in [2.24, 2.45) is 0 Å². The summed E-state index contributed by atoms with van der Waals surface area (Å²) in [5.41, 5.74) is 3.92. The zero-order valence-corrected chi connectivity index (χ0v) is 18.2. The van der Waals surface area contributed by atoms with Crippen molar-refractivity contribution in [3.05, 3.63) is 71.8 Å². The molecule has 1 aliphatic rings. The highest BCUT2D eigenvalue weighted by atomic mass is 32.1. The highest BCUT2D eigenvalue weighted by Crippen LogP contribution is 2.40. The van der Waals surface area contributed by atoms with E-state index in [1.54, 1.807) is 11.3 Å². The van der Waals surface area contributed by atoms with Gasteiger partial charge in [0.05, 0.1) is 15.8 Å². The average Bonchev–Trinajstić information content (AvgIpc) is 3.21. The fourth-order valence-corrected chi connectivity index (χ4v) is 5.20. The molecule has 1 aromatic heterocycles. The highest BCUT2D eigenvalue weighted by Gasteiger charge is 2.33. The lowest BCUT2D eigenvalue weighted by atomic mass is 9.93. The van der Waals surface area contributed by atoms with Gasteiger partial charge in [-0.2, -0.15) is 0 Å². The summed E-state index contributed by atoms with van der Waals surface area (Å²) in [4.78, 5) is 34.6. The lowest BCUT2D eigenvalue weighted by Gasteiger charge is -2.28. The van der Waals surface area contributed by atoms with Gasteiger partial charge in [-0.15, -0.1) is 11.3 Å². The first kappa shape index (κ1) is 19.6. The maximum atomic E-state index is 13.3. The van der Waals surface area contributed by atoms with E-state index in [9.17, 15) is 9.59 Å². The number of amides is 2. The normalized spacial score (nSPS) is 13.6. The van der Waals surface area contributed by atoms with Crippen molar-refractivity contribution in [3.63, 3.8) is 0 Å². The second kappa shape index (κ2) is 7.41. The standard InChI is InChI=1S/C25H21N3O2S/c1-4-15-8-5-6-9-16(15)23-26-20-14-19-21-17(22(20)31-23)10-7-11-18(21)24(29)28(25(19)30)13-12-27(2)3/h4-11,14H,1,12-13H2,2-3H3. The van der Waals surface area contributed by atoms with E-state index in [1.165, 1.54) is 4.90 Å². The number of nitrogens with zero attached hydrogens (tertiary/aromatic N) is 3. The molecule has 31 heavy (non-hydrogen) atoms. The molecule has 3 aromatic carbocycles. The Morgan fingerprint density at radius 2 is 1.77 bits per heavy atom. The summed E-state index contributed by atoms with van der Waals surface area (Å²) in [5, 5.41) is 2.51. The predicted octanol–water partition coefficient (Wildman–Crippen LogP) is 4.92. The largest absolute Gasteiger partial charge is 0.308 e. The molecular weight excluding hydrogens is 406 g/mol. The third-order valence-electron chi connectivity index (χ3n) is 5.65. The van der Waals surface area contributed by atoms with Crippen LogP contribution in [0.5, 0.6) is 0 Å². The molecule has 154 valence electrons. The number of hydrogen-bond acceptors (Lipinski definition) is 5. The van der Waals surface area contributed by atoms with Gasteiger partial charge in [0.15, 0.2) is 0 Å². The Morgan fingerprint density at radius 1 is 1.03 bits per heavy atom. The van der Waals surface area contributed by atoms with Crippen LogP contribution >= 0.6 is 11.3 Å². The third-order valence-corrected chi connectivity index (χ3v) is 6.78. The molecule has 0 spiro atoms. The zero-order valence-electron chi connectivity index (χ0n) is 17.4. The Bertz CT molecular complexity index is 1390. The molecule has 0 N–H and O–H groups in total. The summed E-state index contributed by atoms with van der Waals surface area (Å²) in [5.74, 6) is -0.482. The van der Waals surface area contributed by atoms with E-state index in [-0.39, 0.29) is 11.8 Å². The van der Waals surface area contributed by atoms with Crippen molar-refractivity contribution < 1.29 is 9.59 Å². The van der Waals surface area contributed by atoms with Crippen LogP contribution < -0.4 is 0 Å². The smallest absolute Gasteiger partial charge is 0.261 e. The van der Waals surface area contributed by atoms with Crippen LogP contribution in [0.1, 0.15) is 26.3 Å². The number of likely N-dealkylation sites (N-methyl/N-ethyl adjacent to an activating group) is 1. The number of carbonyl (C=O) groups is 2. The van der Waals surface area contributed by atoms with Crippen LogP contribution in [0.2, 0.25) is 0 Å². The average molecular weight is 428 g/mol. The molecule has 0 unspecified atom stereocenters. The summed E-state index contributed by atoms with van der Waals surface area (Å²) >= 11 is 1.58. The first-order chi connectivity index (χ1) is 15.0. The summed E-state index contributed by atoms with van der Waals surface area (Å²) < 4.78 is 0.983. The summed E-state index contributed by atoms with van der Waals surface area (Å²) in [6, 6.07) is 15.5. The molecule has 0 saturated heterocycles. The van der Waals surface area contributed by atoms with Crippen molar-refractivity contribution in [2.45, 2.75) is 0 Å². The molecule has 0 bridgehead atoms. The highest BCUT2D eigenvalue weighted by molar-refractivity contribution is 7.22. The number of carbonyl (C=O) groups excluding carboxylic acids is 2. The molecule has 2 heterocycles. The predicted molar refractivity (Wildman–Crippen MR) is 127 cm³/mol. The number of fused-ring (bicyclic) bond motifs is 2. The lowest BCUT2D eigenvalue weighted by Crippen LogP contribution is -2.43. The molecule has 5 rings (SSSR count). The Balaban J connectivity index is 1.73. The second-order valence-corrected chi connectivity index (χ2v) is 8.88. The molecule has 0 aliphatic carbocycles. The molecule has 4 aromatic rings. The van der Waals surface area contributed by atoms with E-state index >= 15 is 0 Å². The van der Waals surface area contributed by atoms with Crippen LogP contribution in [0.15, 0.2) is 55.1 Å². The van der Waals surface area contributed by atoms with E-state index in [2.05, 4.69) is 6.58 Å². The zero-order chi connectivity index (χ0) is 21.7. The summed E-state index contributed by atoms with van der Waals surface area (Å²) in [6.45, 7) is 4.88. The van der Waals surface area contributed by atoms with Gasteiger partial charge < -0.3 is 4.90 Å². The monoisotopic (exact) mass is 427 g/mol. The quantitative estimate of drug-likeness (QED) is 0.425. The van der Waals surface area contributed by atoms with Gasteiger partial charge in [-0.1, -0.05) is 49.1 Å². The number of hydrogen-bond donors (Lipinski definition) is 0. The van der Waals surface area contributed by atoms with Gasteiger partial charge in [-0.05, 0) is 31.8 Å². The van der Waals surface area contributed by atoms with Gasteiger partial charge in [0.2, 0.25) is 0 Å². The molecule has 1 aliphatic heterocycles. The van der Waals surface area contributed by atoms with Gasteiger partial charge in [-0.3, -0.25) is 14.5 Å². The van der Waals surface area contributed by atoms with Crippen molar-refractivity contribution in [2.75, 3.05) is 27.2 Å². The SMILES string of the molecule is C=Cc1ccccc1-c1nc2cc3c4c(cccc4c2s1)C(=O)N(CCN(C)C)C3=O. The van der Waals surface area contributed by atoms with Crippen molar-refractivity contribution >= 4 is 50.2 Å². The molecule has 2 amide bonds. The molecule has 0 saturated carbocycles. The van der Waals surface area contributed by atoms with E-state index in [0.29, 0.717) is 24.2 Å². The van der Waals surface area contributed by atoms with Crippen LogP contribution in [-0.4, -0.2) is 53.8 Å². The number of thiazole rings is 1. The number of imide groups is 1. The maximum absolute atomic E-state index is 13.3. The lowest BCUT2D eigenvalue weighted by molar-refractivity contribution is 0.0601. The van der Waals surface area contributed by atoms with Gasteiger partial charge in [0.25, 0.3) is 11.8 Å². The summed E-state index contributed by atoms with van der Waals surface area (Å²) in [7, 11) is 3.85. The Kier molecular flexibility index (Phi) is 4.68. The van der Waals surface area contributed by atoms with E-state index in [4.69, 9.17) is 4.98 Å².